The third-order valence-corrected chi connectivity index (χ3v) is 3.51. The van der Waals surface area contributed by atoms with E-state index in [1.54, 1.807) is 6.26 Å². The Morgan fingerprint density at radius 1 is 1.40 bits per heavy atom. The minimum atomic E-state index is -0.133. The van der Waals surface area contributed by atoms with Gasteiger partial charge in [-0.05, 0) is 29.8 Å². The molecule has 3 rings (SSSR count). The van der Waals surface area contributed by atoms with Crippen LogP contribution in [0.25, 0.3) is 0 Å². The van der Waals surface area contributed by atoms with E-state index in [1.807, 2.05) is 36.4 Å². The average molecular weight is 289 g/mol. The molecule has 1 aromatic carbocycles. The summed E-state index contributed by atoms with van der Waals surface area (Å²) in [4.78, 5) is 11.8. The van der Waals surface area contributed by atoms with Gasteiger partial charge in [-0.25, -0.2) is 5.01 Å². The zero-order chi connectivity index (χ0) is 14.1. The topological polar surface area (TPSA) is 45.8 Å². The quantitative estimate of drug-likeness (QED) is 0.847. The Hall–Kier alpha value is -2.07. The second kappa shape index (κ2) is 5.13. The van der Waals surface area contributed by atoms with E-state index in [0.717, 1.165) is 11.3 Å². The Balaban J connectivity index is 1.95. The van der Waals surface area contributed by atoms with Gasteiger partial charge in [-0.1, -0.05) is 23.7 Å². The first-order valence-corrected chi connectivity index (χ1v) is 6.69. The number of furan rings is 1. The standard InChI is InChI=1S/C15H13ClN2O2/c1-10(19)18-14(11-4-2-5-12(16)8-11)9-13(17-18)15-6-3-7-20-15/h2-8,14H,9H2,1H3/t14-/m1/s1. The van der Waals surface area contributed by atoms with Gasteiger partial charge in [0.1, 0.15) is 11.5 Å². The highest BCUT2D eigenvalue weighted by molar-refractivity contribution is 6.30. The maximum atomic E-state index is 11.8. The van der Waals surface area contributed by atoms with Crippen molar-refractivity contribution in [2.45, 2.75) is 19.4 Å². The molecule has 4 nitrogen and oxygen atoms in total. The smallest absolute Gasteiger partial charge is 0.240 e. The Kier molecular flexibility index (Phi) is 3.32. The molecule has 0 radical (unpaired) electrons. The number of benzene rings is 1. The van der Waals surface area contributed by atoms with Gasteiger partial charge in [0.15, 0.2) is 0 Å². The summed E-state index contributed by atoms with van der Waals surface area (Å²) in [6, 6.07) is 11.0. The number of carbonyl (C=O) groups is 1. The van der Waals surface area contributed by atoms with Gasteiger partial charge in [-0.2, -0.15) is 5.10 Å². The lowest BCUT2D eigenvalue weighted by Crippen LogP contribution is -2.24. The van der Waals surface area contributed by atoms with Crippen LogP contribution in [0.2, 0.25) is 5.02 Å². The molecule has 0 N–H and O–H groups in total. The molecule has 0 fully saturated rings. The van der Waals surface area contributed by atoms with Crippen LogP contribution >= 0.6 is 11.6 Å². The molecule has 0 aliphatic carbocycles. The molecule has 102 valence electrons. The summed E-state index contributed by atoms with van der Waals surface area (Å²) in [5, 5.41) is 6.52. The number of hydrogen-bond acceptors (Lipinski definition) is 3. The summed E-state index contributed by atoms with van der Waals surface area (Å²) in [7, 11) is 0. The summed E-state index contributed by atoms with van der Waals surface area (Å²) in [5.74, 6) is 0.595. The molecule has 1 aliphatic heterocycles. The molecular weight excluding hydrogens is 276 g/mol. The van der Waals surface area contributed by atoms with E-state index in [2.05, 4.69) is 5.10 Å². The molecule has 0 bridgehead atoms. The molecule has 1 aromatic heterocycles. The Morgan fingerprint density at radius 3 is 2.90 bits per heavy atom. The van der Waals surface area contributed by atoms with Crippen LogP contribution in [-0.2, 0) is 4.79 Å². The second-order valence-electron chi connectivity index (χ2n) is 4.66. The monoisotopic (exact) mass is 288 g/mol. The lowest BCUT2D eigenvalue weighted by Gasteiger charge is -2.20. The number of hydrazone groups is 1. The summed E-state index contributed by atoms with van der Waals surface area (Å²) in [6.07, 6.45) is 2.22. The zero-order valence-corrected chi connectivity index (χ0v) is 11.7. The molecule has 1 amide bonds. The average Bonchev–Trinajstić information content (AvgIpc) is 3.08. The Bertz CT molecular complexity index is 664. The van der Waals surface area contributed by atoms with E-state index in [-0.39, 0.29) is 11.9 Å². The highest BCUT2D eigenvalue weighted by atomic mass is 35.5. The SMILES string of the molecule is CC(=O)N1N=C(c2ccco2)C[C@@H]1c1cccc(Cl)c1. The van der Waals surface area contributed by atoms with Crippen molar-refractivity contribution in [3.05, 3.63) is 59.0 Å². The van der Waals surface area contributed by atoms with Gasteiger partial charge in [0, 0.05) is 18.4 Å². The first-order chi connectivity index (χ1) is 9.65. The van der Waals surface area contributed by atoms with Crippen LogP contribution in [0.15, 0.2) is 52.2 Å². The molecule has 0 saturated carbocycles. The summed E-state index contributed by atoms with van der Waals surface area (Å²) in [5.41, 5.74) is 1.74. The van der Waals surface area contributed by atoms with E-state index < -0.39 is 0 Å². The number of carbonyl (C=O) groups excluding carboxylic acids is 1. The maximum absolute atomic E-state index is 11.8. The predicted octanol–water partition coefficient (Wildman–Crippen LogP) is 3.63. The van der Waals surface area contributed by atoms with Crippen molar-refractivity contribution in [1.82, 2.24) is 5.01 Å². The van der Waals surface area contributed by atoms with Crippen LogP contribution < -0.4 is 0 Å². The molecule has 0 saturated heterocycles. The summed E-state index contributed by atoms with van der Waals surface area (Å²) in [6.45, 7) is 1.51. The molecule has 1 aliphatic rings. The normalized spacial score (nSPS) is 18.2. The van der Waals surface area contributed by atoms with E-state index in [1.165, 1.54) is 11.9 Å². The van der Waals surface area contributed by atoms with Crippen molar-refractivity contribution in [2.75, 3.05) is 0 Å². The first kappa shape index (κ1) is 12.9. The fraction of sp³-hybridized carbons (Fsp3) is 0.200. The highest BCUT2D eigenvalue weighted by Gasteiger charge is 2.32. The van der Waals surface area contributed by atoms with E-state index in [4.69, 9.17) is 16.0 Å². The maximum Gasteiger partial charge on any atom is 0.240 e. The lowest BCUT2D eigenvalue weighted by molar-refractivity contribution is -0.130. The molecule has 2 heterocycles. The van der Waals surface area contributed by atoms with Gasteiger partial charge < -0.3 is 4.42 Å². The van der Waals surface area contributed by atoms with Crippen molar-refractivity contribution in [3.8, 4) is 0 Å². The molecule has 5 heteroatoms. The predicted molar refractivity (Wildman–Crippen MR) is 76.6 cm³/mol. The molecule has 20 heavy (non-hydrogen) atoms. The van der Waals surface area contributed by atoms with Crippen LogP contribution in [0.5, 0.6) is 0 Å². The summed E-state index contributed by atoms with van der Waals surface area (Å²) >= 11 is 6.03. The van der Waals surface area contributed by atoms with E-state index in [0.29, 0.717) is 17.2 Å². The van der Waals surface area contributed by atoms with Crippen molar-refractivity contribution in [2.24, 2.45) is 5.10 Å². The van der Waals surface area contributed by atoms with Crippen LogP contribution in [0.1, 0.15) is 30.7 Å². The summed E-state index contributed by atoms with van der Waals surface area (Å²) < 4.78 is 5.36. The van der Waals surface area contributed by atoms with Gasteiger partial charge in [0.05, 0.1) is 12.3 Å². The van der Waals surface area contributed by atoms with Gasteiger partial charge in [0.2, 0.25) is 5.91 Å². The van der Waals surface area contributed by atoms with Gasteiger partial charge in [0.25, 0.3) is 0 Å². The van der Waals surface area contributed by atoms with E-state index >= 15 is 0 Å². The molecule has 2 aromatic rings. The Labute approximate surface area is 121 Å². The van der Waals surface area contributed by atoms with Crippen molar-refractivity contribution < 1.29 is 9.21 Å². The third kappa shape index (κ3) is 2.34. The van der Waals surface area contributed by atoms with Gasteiger partial charge in [-0.3, -0.25) is 4.79 Å². The van der Waals surface area contributed by atoms with Crippen molar-refractivity contribution in [3.63, 3.8) is 0 Å². The van der Waals surface area contributed by atoms with Gasteiger partial charge in [-0.15, -0.1) is 0 Å². The van der Waals surface area contributed by atoms with Crippen LogP contribution in [-0.4, -0.2) is 16.6 Å². The lowest BCUT2D eigenvalue weighted by atomic mass is 10.0. The fourth-order valence-electron chi connectivity index (χ4n) is 2.37. The van der Waals surface area contributed by atoms with Crippen LogP contribution in [0.3, 0.4) is 0 Å². The number of nitrogens with zero attached hydrogens (tertiary/aromatic N) is 2. The van der Waals surface area contributed by atoms with Crippen molar-refractivity contribution >= 4 is 23.2 Å². The number of halogens is 1. The highest BCUT2D eigenvalue weighted by Crippen LogP contribution is 2.33. The molecular formula is C15H13ClN2O2. The fourth-order valence-corrected chi connectivity index (χ4v) is 2.56. The third-order valence-electron chi connectivity index (χ3n) is 3.27. The van der Waals surface area contributed by atoms with E-state index in [9.17, 15) is 4.79 Å². The minimum absolute atomic E-state index is 0.100. The molecule has 0 spiro atoms. The van der Waals surface area contributed by atoms with Gasteiger partial charge >= 0.3 is 0 Å². The van der Waals surface area contributed by atoms with Crippen LogP contribution in [0.4, 0.5) is 0 Å². The zero-order valence-electron chi connectivity index (χ0n) is 10.9. The molecule has 1 atom stereocenters. The first-order valence-electron chi connectivity index (χ1n) is 6.32. The second-order valence-corrected chi connectivity index (χ2v) is 5.10. The largest absolute Gasteiger partial charge is 0.463 e. The Morgan fingerprint density at radius 2 is 2.25 bits per heavy atom. The van der Waals surface area contributed by atoms with Crippen LogP contribution in [0, 0.1) is 0 Å². The minimum Gasteiger partial charge on any atom is -0.463 e. The number of hydrogen-bond donors (Lipinski definition) is 0. The van der Waals surface area contributed by atoms with Crippen molar-refractivity contribution in [1.29, 1.82) is 0 Å². The number of rotatable bonds is 2. The number of amides is 1. The molecule has 0 unspecified atom stereocenters.